The largest absolute Gasteiger partial charge is 0.481 e. The van der Waals surface area contributed by atoms with Crippen molar-refractivity contribution in [2.24, 2.45) is 4.99 Å². The molecule has 7 heteroatoms. The minimum Gasteiger partial charge on any atom is -0.481 e. The molecule has 2 atom stereocenters. The molecule has 130 valence electrons. The number of aromatic nitrogens is 1. The van der Waals surface area contributed by atoms with Gasteiger partial charge in [-0.05, 0) is 43.2 Å². The Morgan fingerprint density at radius 2 is 2.04 bits per heavy atom. The average molecular weight is 359 g/mol. The SMILES string of the molecule is COc1cc([C@@]2(C)SC(=NC(C)c3ccc(F)cc3)NC2=O)ccn1. The first kappa shape index (κ1) is 17.4. The van der Waals surface area contributed by atoms with Crippen molar-refractivity contribution in [2.45, 2.75) is 24.6 Å². The zero-order valence-corrected chi connectivity index (χ0v) is 14.9. The van der Waals surface area contributed by atoms with Crippen LogP contribution in [0, 0.1) is 5.82 Å². The number of pyridine rings is 1. The molecule has 1 aliphatic rings. The Morgan fingerprint density at radius 3 is 2.72 bits per heavy atom. The zero-order chi connectivity index (χ0) is 18.0. The molecule has 1 saturated heterocycles. The second-order valence-corrected chi connectivity index (χ2v) is 7.25. The number of nitrogens with zero attached hydrogens (tertiary/aromatic N) is 2. The Kier molecular flexibility index (Phi) is 4.76. The van der Waals surface area contributed by atoms with E-state index < -0.39 is 4.75 Å². The van der Waals surface area contributed by atoms with Crippen molar-refractivity contribution in [2.75, 3.05) is 7.11 Å². The van der Waals surface area contributed by atoms with Crippen LogP contribution in [0.1, 0.15) is 31.0 Å². The first-order valence-electron chi connectivity index (χ1n) is 7.76. The van der Waals surface area contributed by atoms with E-state index in [9.17, 15) is 9.18 Å². The number of ether oxygens (including phenoxy) is 1. The van der Waals surface area contributed by atoms with Crippen LogP contribution in [0.15, 0.2) is 47.6 Å². The van der Waals surface area contributed by atoms with Crippen molar-refractivity contribution in [1.82, 2.24) is 10.3 Å². The fraction of sp³-hybridized carbons (Fsp3) is 0.278. The number of carbonyl (C=O) groups excluding carboxylic acids is 1. The third-order valence-corrected chi connectivity index (χ3v) is 5.34. The van der Waals surface area contributed by atoms with Crippen molar-refractivity contribution >= 4 is 22.8 Å². The Morgan fingerprint density at radius 1 is 1.32 bits per heavy atom. The molecule has 1 fully saturated rings. The third kappa shape index (κ3) is 3.51. The van der Waals surface area contributed by atoms with E-state index in [0.717, 1.165) is 11.1 Å². The number of hydrogen-bond donors (Lipinski definition) is 1. The lowest BCUT2D eigenvalue weighted by Crippen LogP contribution is -2.31. The first-order valence-corrected chi connectivity index (χ1v) is 8.58. The summed E-state index contributed by atoms with van der Waals surface area (Å²) in [5.74, 6) is 0.0272. The minimum atomic E-state index is -0.808. The summed E-state index contributed by atoms with van der Waals surface area (Å²) in [6.07, 6.45) is 1.61. The molecule has 25 heavy (non-hydrogen) atoms. The van der Waals surface area contributed by atoms with Crippen LogP contribution >= 0.6 is 11.8 Å². The Bertz CT molecular complexity index is 825. The molecular formula is C18H18FN3O2S. The van der Waals surface area contributed by atoms with Gasteiger partial charge in [-0.1, -0.05) is 23.9 Å². The molecule has 0 bridgehead atoms. The standard InChI is InChI=1S/C18H18FN3O2S/c1-11(12-4-6-14(19)7-5-12)21-17-22-16(23)18(2,25-17)13-8-9-20-15(10-13)24-3/h4-11H,1-3H3,(H,21,22,23)/t11?,18-/m1/s1. The second-order valence-electron chi connectivity index (χ2n) is 5.84. The molecule has 0 radical (unpaired) electrons. The highest BCUT2D eigenvalue weighted by Crippen LogP contribution is 2.42. The molecule has 1 aliphatic heterocycles. The van der Waals surface area contributed by atoms with Crippen LogP contribution in [0.25, 0.3) is 0 Å². The van der Waals surface area contributed by atoms with Gasteiger partial charge in [0.15, 0.2) is 5.17 Å². The molecular weight excluding hydrogens is 341 g/mol. The highest BCUT2D eigenvalue weighted by atomic mass is 32.2. The van der Waals surface area contributed by atoms with Crippen LogP contribution in [-0.2, 0) is 9.54 Å². The number of amidine groups is 1. The minimum absolute atomic E-state index is 0.143. The van der Waals surface area contributed by atoms with E-state index in [1.165, 1.54) is 31.0 Å². The smallest absolute Gasteiger partial charge is 0.246 e. The van der Waals surface area contributed by atoms with Gasteiger partial charge in [0.25, 0.3) is 0 Å². The van der Waals surface area contributed by atoms with E-state index in [2.05, 4.69) is 15.3 Å². The van der Waals surface area contributed by atoms with E-state index >= 15 is 0 Å². The molecule has 0 spiro atoms. The van der Waals surface area contributed by atoms with Gasteiger partial charge in [0.2, 0.25) is 11.8 Å². The van der Waals surface area contributed by atoms with Gasteiger partial charge in [-0.3, -0.25) is 9.79 Å². The summed E-state index contributed by atoms with van der Waals surface area (Å²) < 4.78 is 17.4. The van der Waals surface area contributed by atoms with Crippen LogP contribution in [-0.4, -0.2) is 23.2 Å². The van der Waals surface area contributed by atoms with Crippen molar-refractivity contribution in [1.29, 1.82) is 0 Å². The van der Waals surface area contributed by atoms with Gasteiger partial charge < -0.3 is 10.1 Å². The predicted octanol–water partition coefficient (Wildman–Crippen LogP) is 3.42. The molecule has 1 amide bonds. The van der Waals surface area contributed by atoms with E-state index in [1.807, 2.05) is 13.8 Å². The Labute approximate surface area is 149 Å². The van der Waals surface area contributed by atoms with E-state index in [4.69, 9.17) is 4.74 Å². The summed E-state index contributed by atoms with van der Waals surface area (Å²) in [4.78, 5) is 21.2. The normalized spacial score (nSPS) is 22.7. The number of benzene rings is 1. The van der Waals surface area contributed by atoms with E-state index in [1.54, 1.807) is 30.5 Å². The second kappa shape index (κ2) is 6.84. The third-order valence-electron chi connectivity index (χ3n) is 4.11. The molecule has 0 saturated carbocycles. The molecule has 1 unspecified atom stereocenters. The number of nitrogens with one attached hydrogen (secondary N) is 1. The Balaban J connectivity index is 1.84. The fourth-order valence-corrected chi connectivity index (χ4v) is 3.67. The molecule has 3 rings (SSSR count). The predicted molar refractivity (Wildman–Crippen MR) is 96.1 cm³/mol. The lowest BCUT2D eigenvalue weighted by Gasteiger charge is -2.19. The highest BCUT2D eigenvalue weighted by Gasteiger charge is 2.44. The fourth-order valence-electron chi connectivity index (χ4n) is 2.54. The van der Waals surface area contributed by atoms with Gasteiger partial charge in [-0.2, -0.15) is 0 Å². The molecule has 1 N–H and O–H groups in total. The number of methoxy groups -OCH3 is 1. The van der Waals surface area contributed by atoms with Crippen LogP contribution in [0.2, 0.25) is 0 Å². The molecule has 2 aromatic rings. The van der Waals surface area contributed by atoms with E-state index in [-0.39, 0.29) is 17.8 Å². The maximum Gasteiger partial charge on any atom is 0.246 e. The molecule has 5 nitrogen and oxygen atoms in total. The van der Waals surface area contributed by atoms with Crippen molar-refractivity contribution < 1.29 is 13.9 Å². The monoisotopic (exact) mass is 359 g/mol. The van der Waals surface area contributed by atoms with Gasteiger partial charge in [0.1, 0.15) is 10.6 Å². The average Bonchev–Trinajstić information content (AvgIpc) is 2.90. The van der Waals surface area contributed by atoms with Gasteiger partial charge in [0, 0.05) is 12.3 Å². The van der Waals surface area contributed by atoms with Gasteiger partial charge in [-0.15, -0.1) is 0 Å². The van der Waals surface area contributed by atoms with Gasteiger partial charge in [-0.25, -0.2) is 9.37 Å². The summed E-state index contributed by atoms with van der Waals surface area (Å²) in [7, 11) is 1.54. The lowest BCUT2D eigenvalue weighted by atomic mass is 10.0. The Hall–Kier alpha value is -2.41. The van der Waals surface area contributed by atoms with Crippen molar-refractivity contribution in [3.8, 4) is 5.88 Å². The van der Waals surface area contributed by atoms with Crippen molar-refractivity contribution in [3.05, 3.63) is 59.5 Å². The summed E-state index contributed by atoms with van der Waals surface area (Å²) in [5.41, 5.74) is 1.67. The highest BCUT2D eigenvalue weighted by molar-refractivity contribution is 8.15. The quantitative estimate of drug-likeness (QED) is 0.908. The number of halogens is 1. The number of aliphatic imine (C=N–C) groups is 1. The number of thioether (sulfide) groups is 1. The topological polar surface area (TPSA) is 63.6 Å². The summed E-state index contributed by atoms with van der Waals surface area (Å²) in [6, 6.07) is 9.54. The van der Waals surface area contributed by atoms with Crippen LogP contribution in [0.3, 0.4) is 0 Å². The van der Waals surface area contributed by atoms with Crippen molar-refractivity contribution in [3.63, 3.8) is 0 Å². The molecule has 2 heterocycles. The van der Waals surface area contributed by atoms with Crippen LogP contribution in [0.5, 0.6) is 5.88 Å². The molecule has 1 aromatic heterocycles. The van der Waals surface area contributed by atoms with Crippen LogP contribution in [0.4, 0.5) is 4.39 Å². The number of hydrogen-bond acceptors (Lipinski definition) is 5. The van der Waals surface area contributed by atoms with Gasteiger partial charge in [0.05, 0.1) is 13.2 Å². The molecule has 1 aromatic carbocycles. The summed E-state index contributed by atoms with van der Waals surface area (Å²) >= 11 is 1.35. The number of carbonyl (C=O) groups is 1. The first-order chi connectivity index (χ1) is 11.9. The maximum atomic E-state index is 13.0. The number of rotatable bonds is 4. The zero-order valence-electron chi connectivity index (χ0n) is 14.1. The van der Waals surface area contributed by atoms with E-state index in [0.29, 0.717) is 11.0 Å². The number of amides is 1. The maximum absolute atomic E-state index is 13.0. The summed E-state index contributed by atoms with van der Waals surface area (Å²) in [6.45, 7) is 3.74. The lowest BCUT2D eigenvalue weighted by molar-refractivity contribution is -0.121. The summed E-state index contributed by atoms with van der Waals surface area (Å²) in [5, 5.41) is 3.37. The van der Waals surface area contributed by atoms with Gasteiger partial charge >= 0.3 is 0 Å². The van der Waals surface area contributed by atoms with Crippen LogP contribution < -0.4 is 10.1 Å². The molecule has 0 aliphatic carbocycles.